The molecule has 2 aromatic carbocycles. The van der Waals surface area contributed by atoms with E-state index in [1.165, 1.54) is 0 Å². The van der Waals surface area contributed by atoms with E-state index < -0.39 is 6.10 Å². The summed E-state index contributed by atoms with van der Waals surface area (Å²) in [5, 5.41) is 5.39. The third-order valence-corrected chi connectivity index (χ3v) is 7.40. The number of morpholine rings is 1. The Bertz CT molecular complexity index is 998. The molecule has 2 fully saturated rings. The molecular weight excluding hydrogens is 483 g/mol. The summed E-state index contributed by atoms with van der Waals surface area (Å²) >= 11 is 18.9. The number of piperidine rings is 1. The third kappa shape index (κ3) is 5.87. The average molecular weight is 512 g/mol. The smallest absolute Gasteiger partial charge is 0.247 e. The molecular formula is C24H29Cl3N4O2. The highest BCUT2D eigenvalue weighted by atomic mass is 35.5. The minimum atomic E-state index is -0.502. The number of carbonyl (C=O) groups excluding carboxylic acids is 1. The molecule has 2 heterocycles. The molecule has 4 rings (SSSR count). The molecule has 2 aromatic rings. The van der Waals surface area contributed by atoms with Crippen LogP contribution >= 0.6 is 34.8 Å². The van der Waals surface area contributed by atoms with Gasteiger partial charge in [0.25, 0.3) is 0 Å². The summed E-state index contributed by atoms with van der Waals surface area (Å²) in [6, 6.07) is 12.0. The number of anilines is 2. The molecule has 2 atom stereocenters. The normalized spacial score (nSPS) is 21.1. The van der Waals surface area contributed by atoms with Gasteiger partial charge < -0.3 is 20.7 Å². The van der Waals surface area contributed by atoms with Crippen LogP contribution in [-0.2, 0) is 9.53 Å². The second-order valence-corrected chi connectivity index (χ2v) is 9.92. The molecule has 0 aromatic heterocycles. The van der Waals surface area contributed by atoms with Gasteiger partial charge in [0.1, 0.15) is 6.10 Å². The maximum absolute atomic E-state index is 11.5. The van der Waals surface area contributed by atoms with Crippen molar-refractivity contribution in [2.24, 2.45) is 5.73 Å². The van der Waals surface area contributed by atoms with Crippen molar-refractivity contribution in [3.63, 3.8) is 0 Å². The third-order valence-electron chi connectivity index (χ3n) is 6.51. The summed E-state index contributed by atoms with van der Waals surface area (Å²) in [5.41, 5.74) is 8.40. The van der Waals surface area contributed by atoms with Crippen LogP contribution in [-0.4, -0.2) is 55.7 Å². The van der Waals surface area contributed by atoms with Gasteiger partial charge in [0.05, 0.1) is 23.4 Å². The van der Waals surface area contributed by atoms with Gasteiger partial charge in [-0.1, -0.05) is 40.9 Å². The fourth-order valence-electron chi connectivity index (χ4n) is 4.65. The summed E-state index contributed by atoms with van der Waals surface area (Å²) in [5.74, 6) is -0.382. The highest BCUT2D eigenvalue weighted by Gasteiger charge is 2.31. The van der Waals surface area contributed by atoms with E-state index in [0.29, 0.717) is 34.3 Å². The van der Waals surface area contributed by atoms with Gasteiger partial charge in [0, 0.05) is 48.0 Å². The van der Waals surface area contributed by atoms with Crippen molar-refractivity contribution in [1.29, 1.82) is 0 Å². The van der Waals surface area contributed by atoms with Crippen LogP contribution in [0, 0.1) is 0 Å². The first-order valence-electron chi connectivity index (χ1n) is 11.2. The van der Waals surface area contributed by atoms with E-state index in [2.05, 4.69) is 27.2 Å². The number of carbonyl (C=O) groups is 1. The zero-order chi connectivity index (χ0) is 23.5. The van der Waals surface area contributed by atoms with Gasteiger partial charge in [-0.25, -0.2) is 0 Å². The van der Waals surface area contributed by atoms with E-state index in [9.17, 15) is 4.79 Å². The minimum absolute atomic E-state index is 0.0345. The van der Waals surface area contributed by atoms with E-state index >= 15 is 0 Å². The average Bonchev–Trinajstić information content (AvgIpc) is 2.80. The lowest BCUT2D eigenvalue weighted by atomic mass is 10.0. The highest BCUT2D eigenvalue weighted by molar-refractivity contribution is 6.35. The number of nitrogens with one attached hydrogen (secondary N) is 1. The molecule has 0 saturated carbocycles. The quantitative estimate of drug-likeness (QED) is 0.573. The fraction of sp³-hybridized carbons (Fsp3) is 0.458. The Hall–Kier alpha value is -1.70. The standard InChI is InChI=1S/C24H29Cl3N4O2/c1-15(19-4-2-16(25)12-21(19)27)29-22-13-18(3-5-20(22)26)30-8-6-17(7-9-30)31-10-11-33-23(14-31)24(28)32/h2-5,12-13,15,17,23,29H,6-11,14H2,1H3,(H2,28,32). The largest absolute Gasteiger partial charge is 0.377 e. The predicted octanol–water partition coefficient (Wildman–Crippen LogP) is 4.97. The molecule has 0 aliphatic carbocycles. The van der Waals surface area contributed by atoms with Gasteiger partial charge in [0.15, 0.2) is 0 Å². The van der Waals surface area contributed by atoms with E-state index in [1.807, 2.05) is 25.1 Å². The number of primary amides is 1. The Morgan fingerprint density at radius 1 is 1.09 bits per heavy atom. The number of ether oxygens (including phenoxy) is 1. The molecule has 2 aliphatic rings. The summed E-state index contributed by atoms with van der Waals surface area (Å²) in [6.45, 7) is 5.89. The number of rotatable bonds is 6. The van der Waals surface area contributed by atoms with E-state index in [0.717, 1.165) is 49.4 Å². The second kappa shape index (κ2) is 10.7. The molecule has 3 N–H and O–H groups in total. The van der Waals surface area contributed by atoms with E-state index in [-0.39, 0.29) is 11.9 Å². The number of nitrogens with two attached hydrogens (primary N) is 1. The number of benzene rings is 2. The number of nitrogens with zero attached hydrogens (tertiary/aromatic N) is 2. The van der Waals surface area contributed by atoms with Crippen LogP contribution in [0.1, 0.15) is 31.4 Å². The highest BCUT2D eigenvalue weighted by Crippen LogP contribution is 2.34. The molecule has 6 nitrogen and oxygen atoms in total. The summed E-state index contributed by atoms with van der Waals surface area (Å²) in [7, 11) is 0. The lowest BCUT2D eigenvalue weighted by molar-refractivity contribution is -0.136. The Labute approximate surface area is 209 Å². The first-order chi connectivity index (χ1) is 15.8. The van der Waals surface area contributed by atoms with Crippen LogP contribution in [0.25, 0.3) is 0 Å². The lowest BCUT2D eigenvalue weighted by Crippen LogP contribution is -2.54. The first kappa shape index (κ1) is 24.4. The zero-order valence-electron chi connectivity index (χ0n) is 18.6. The molecule has 0 spiro atoms. The Balaban J connectivity index is 1.39. The van der Waals surface area contributed by atoms with Gasteiger partial charge in [-0.3, -0.25) is 9.69 Å². The predicted molar refractivity (Wildman–Crippen MR) is 136 cm³/mol. The fourth-order valence-corrected chi connectivity index (χ4v) is 5.39. The van der Waals surface area contributed by atoms with Crippen LogP contribution < -0.4 is 16.0 Å². The van der Waals surface area contributed by atoms with Crippen molar-refractivity contribution >= 4 is 52.1 Å². The van der Waals surface area contributed by atoms with E-state index in [4.69, 9.17) is 45.3 Å². The molecule has 1 amide bonds. The second-order valence-electron chi connectivity index (χ2n) is 8.67. The van der Waals surface area contributed by atoms with Crippen LogP contribution in [0.4, 0.5) is 11.4 Å². The monoisotopic (exact) mass is 510 g/mol. The molecule has 2 saturated heterocycles. The van der Waals surface area contributed by atoms with Crippen molar-refractivity contribution in [2.75, 3.05) is 43.0 Å². The topological polar surface area (TPSA) is 70.8 Å². The van der Waals surface area contributed by atoms with Crippen LogP contribution in [0.15, 0.2) is 36.4 Å². The van der Waals surface area contributed by atoms with Crippen molar-refractivity contribution in [2.45, 2.75) is 38.0 Å². The molecule has 2 aliphatic heterocycles. The molecule has 33 heavy (non-hydrogen) atoms. The Morgan fingerprint density at radius 3 is 2.55 bits per heavy atom. The van der Waals surface area contributed by atoms with Crippen molar-refractivity contribution < 1.29 is 9.53 Å². The molecule has 178 valence electrons. The van der Waals surface area contributed by atoms with Gasteiger partial charge in [0.2, 0.25) is 5.91 Å². The summed E-state index contributed by atoms with van der Waals surface area (Å²) in [6.07, 6.45) is 1.54. The van der Waals surface area contributed by atoms with Crippen molar-refractivity contribution in [3.8, 4) is 0 Å². The molecule has 0 radical (unpaired) electrons. The number of halogens is 3. The Morgan fingerprint density at radius 2 is 1.85 bits per heavy atom. The Kier molecular flexibility index (Phi) is 7.92. The summed E-state index contributed by atoms with van der Waals surface area (Å²) in [4.78, 5) is 16.2. The summed E-state index contributed by atoms with van der Waals surface area (Å²) < 4.78 is 5.49. The van der Waals surface area contributed by atoms with E-state index in [1.54, 1.807) is 6.07 Å². The molecule has 9 heteroatoms. The number of amides is 1. The van der Waals surface area contributed by atoms with Crippen molar-refractivity contribution in [3.05, 3.63) is 57.0 Å². The van der Waals surface area contributed by atoms with Crippen molar-refractivity contribution in [1.82, 2.24) is 4.90 Å². The van der Waals surface area contributed by atoms with Crippen LogP contribution in [0.5, 0.6) is 0 Å². The van der Waals surface area contributed by atoms with Gasteiger partial charge in [-0.15, -0.1) is 0 Å². The van der Waals surface area contributed by atoms with Crippen LogP contribution in [0.3, 0.4) is 0 Å². The lowest BCUT2D eigenvalue weighted by Gasteiger charge is -2.42. The van der Waals surface area contributed by atoms with Gasteiger partial charge in [-0.2, -0.15) is 0 Å². The maximum Gasteiger partial charge on any atom is 0.247 e. The molecule has 2 unspecified atom stereocenters. The number of hydrogen-bond donors (Lipinski definition) is 2. The van der Waals surface area contributed by atoms with Gasteiger partial charge >= 0.3 is 0 Å². The first-order valence-corrected chi connectivity index (χ1v) is 12.4. The number of hydrogen-bond acceptors (Lipinski definition) is 5. The SMILES string of the molecule is CC(Nc1cc(N2CCC(N3CCOC(C(N)=O)C3)CC2)ccc1Cl)c1ccc(Cl)cc1Cl. The maximum atomic E-state index is 11.5. The van der Waals surface area contributed by atoms with Crippen LogP contribution in [0.2, 0.25) is 15.1 Å². The zero-order valence-corrected chi connectivity index (χ0v) is 20.8. The van der Waals surface area contributed by atoms with Gasteiger partial charge in [-0.05, 0) is 55.7 Å². The minimum Gasteiger partial charge on any atom is -0.377 e. The molecule has 0 bridgehead atoms.